The number of para-hydroxylation sites is 1. The number of nitrogens with one attached hydrogen (secondary N) is 1. The van der Waals surface area contributed by atoms with Gasteiger partial charge in [0.2, 0.25) is 0 Å². The topological polar surface area (TPSA) is 116 Å². The Hall–Kier alpha value is -2.87. The molecule has 2 aromatic carbocycles. The van der Waals surface area contributed by atoms with Crippen LogP contribution in [-0.4, -0.2) is 33.2 Å². The summed E-state index contributed by atoms with van der Waals surface area (Å²) in [6, 6.07) is 10.7. The van der Waals surface area contributed by atoms with Crippen molar-refractivity contribution in [2.75, 3.05) is 23.9 Å². The van der Waals surface area contributed by atoms with E-state index in [0.29, 0.717) is 11.4 Å². The van der Waals surface area contributed by atoms with E-state index in [0.717, 1.165) is 11.8 Å². The third-order valence-corrected chi connectivity index (χ3v) is 4.53. The lowest BCUT2D eigenvalue weighted by Gasteiger charge is -2.09. The number of nitrogen functional groups attached to an aromatic ring is 1. The fourth-order valence-electron chi connectivity index (χ4n) is 2.07. The van der Waals surface area contributed by atoms with Gasteiger partial charge in [0.25, 0.3) is 5.91 Å². The van der Waals surface area contributed by atoms with Crippen LogP contribution in [-0.2, 0) is 19.4 Å². The number of esters is 1. The number of amides is 1. The summed E-state index contributed by atoms with van der Waals surface area (Å²) in [5.74, 6) is -1.30. The number of nitrogens with two attached hydrogens (primary N) is 1. The molecule has 25 heavy (non-hydrogen) atoms. The van der Waals surface area contributed by atoms with E-state index in [1.54, 1.807) is 19.1 Å². The summed E-state index contributed by atoms with van der Waals surface area (Å²) in [5.41, 5.74) is 7.32. The Bertz CT molecular complexity index is 922. The molecule has 0 radical (unpaired) electrons. The summed E-state index contributed by atoms with van der Waals surface area (Å²) in [6.45, 7) is 1.24. The highest BCUT2D eigenvalue weighted by Gasteiger charge is 2.15. The lowest BCUT2D eigenvalue weighted by molar-refractivity contribution is -0.119. The molecule has 0 saturated heterocycles. The number of benzene rings is 2. The highest BCUT2D eigenvalue weighted by atomic mass is 32.2. The van der Waals surface area contributed by atoms with Gasteiger partial charge in [-0.1, -0.05) is 18.2 Å². The predicted molar refractivity (Wildman–Crippen MR) is 94.1 cm³/mol. The van der Waals surface area contributed by atoms with Crippen LogP contribution in [0.3, 0.4) is 0 Å². The molecule has 0 fully saturated rings. The van der Waals surface area contributed by atoms with Crippen LogP contribution in [0.15, 0.2) is 47.4 Å². The molecule has 0 aliphatic rings. The van der Waals surface area contributed by atoms with E-state index in [2.05, 4.69) is 5.32 Å². The first-order valence-corrected chi connectivity index (χ1v) is 9.20. The number of carbonyl (C=O) groups excluding carboxylic acids is 2. The Morgan fingerprint density at radius 3 is 2.52 bits per heavy atom. The van der Waals surface area contributed by atoms with Crippen LogP contribution in [0.2, 0.25) is 0 Å². The molecule has 0 spiro atoms. The Morgan fingerprint density at radius 1 is 1.16 bits per heavy atom. The van der Waals surface area contributed by atoms with Gasteiger partial charge in [0.15, 0.2) is 16.4 Å². The van der Waals surface area contributed by atoms with Gasteiger partial charge in [-0.3, -0.25) is 4.79 Å². The lowest BCUT2D eigenvalue weighted by atomic mass is 10.1. The number of aryl methyl sites for hydroxylation is 1. The largest absolute Gasteiger partial charge is 0.452 e. The number of anilines is 2. The number of carbonyl (C=O) groups is 2. The Balaban J connectivity index is 1.99. The van der Waals surface area contributed by atoms with Crippen LogP contribution in [0.1, 0.15) is 15.9 Å². The SMILES string of the molecule is Cc1cccc(C(=O)OCC(=O)Nc2cccc(S(C)(=O)=O)c2)c1N. The minimum Gasteiger partial charge on any atom is -0.452 e. The van der Waals surface area contributed by atoms with Gasteiger partial charge in [-0.25, -0.2) is 13.2 Å². The average Bonchev–Trinajstić information content (AvgIpc) is 2.54. The third kappa shape index (κ3) is 4.80. The molecule has 0 atom stereocenters. The maximum Gasteiger partial charge on any atom is 0.340 e. The lowest BCUT2D eigenvalue weighted by Crippen LogP contribution is -2.21. The quantitative estimate of drug-likeness (QED) is 0.619. The highest BCUT2D eigenvalue weighted by Crippen LogP contribution is 2.18. The molecule has 8 heteroatoms. The number of hydrogen-bond acceptors (Lipinski definition) is 6. The fraction of sp³-hybridized carbons (Fsp3) is 0.176. The normalized spacial score (nSPS) is 11.0. The molecule has 0 aliphatic carbocycles. The summed E-state index contributed by atoms with van der Waals surface area (Å²) in [5, 5.41) is 2.48. The van der Waals surface area contributed by atoms with Crippen molar-refractivity contribution in [3.8, 4) is 0 Å². The summed E-state index contributed by atoms with van der Waals surface area (Å²) >= 11 is 0. The molecule has 2 rings (SSSR count). The molecule has 0 aromatic heterocycles. The van der Waals surface area contributed by atoms with Crippen molar-refractivity contribution in [2.45, 2.75) is 11.8 Å². The number of sulfone groups is 1. The number of rotatable bonds is 5. The van der Waals surface area contributed by atoms with E-state index in [9.17, 15) is 18.0 Å². The van der Waals surface area contributed by atoms with E-state index in [-0.39, 0.29) is 10.5 Å². The molecule has 1 amide bonds. The summed E-state index contributed by atoms with van der Waals surface area (Å²) in [7, 11) is -3.38. The van der Waals surface area contributed by atoms with Crippen LogP contribution in [0.4, 0.5) is 11.4 Å². The van der Waals surface area contributed by atoms with E-state index in [1.807, 2.05) is 0 Å². The van der Waals surface area contributed by atoms with Crippen LogP contribution in [0.25, 0.3) is 0 Å². The van der Waals surface area contributed by atoms with E-state index >= 15 is 0 Å². The van der Waals surface area contributed by atoms with Crippen molar-refractivity contribution in [3.63, 3.8) is 0 Å². The molecule has 0 aliphatic heterocycles. The van der Waals surface area contributed by atoms with Crippen molar-refractivity contribution in [1.82, 2.24) is 0 Å². The zero-order chi connectivity index (χ0) is 18.6. The van der Waals surface area contributed by atoms with Gasteiger partial charge >= 0.3 is 5.97 Å². The standard InChI is InChI=1S/C17H18N2O5S/c1-11-5-3-8-14(16(11)18)17(21)24-10-15(20)19-12-6-4-7-13(9-12)25(2,22)23/h3-9H,10,18H2,1-2H3,(H,19,20). The maximum absolute atomic E-state index is 12.0. The van der Waals surface area contributed by atoms with Gasteiger partial charge in [-0.05, 0) is 36.8 Å². The van der Waals surface area contributed by atoms with Crippen molar-refractivity contribution >= 4 is 33.1 Å². The Labute approximate surface area is 145 Å². The number of ether oxygens (including phenoxy) is 1. The van der Waals surface area contributed by atoms with Gasteiger partial charge in [0.05, 0.1) is 10.5 Å². The average molecular weight is 362 g/mol. The second-order valence-corrected chi connectivity index (χ2v) is 7.48. The van der Waals surface area contributed by atoms with Crippen LogP contribution < -0.4 is 11.1 Å². The molecule has 132 valence electrons. The summed E-state index contributed by atoms with van der Waals surface area (Å²) < 4.78 is 28.0. The number of hydrogen-bond donors (Lipinski definition) is 2. The zero-order valence-electron chi connectivity index (χ0n) is 13.8. The van der Waals surface area contributed by atoms with Crippen molar-refractivity contribution in [2.24, 2.45) is 0 Å². The van der Waals surface area contributed by atoms with E-state index in [1.165, 1.54) is 30.3 Å². The molecule has 7 nitrogen and oxygen atoms in total. The smallest absolute Gasteiger partial charge is 0.340 e. The summed E-state index contributed by atoms with van der Waals surface area (Å²) in [4.78, 5) is 24.0. The van der Waals surface area contributed by atoms with E-state index < -0.39 is 28.3 Å². The Kier molecular flexibility index (Phi) is 5.43. The molecule has 0 unspecified atom stereocenters. The minimum atomic E-state index is -3.38. The third-order valence-electron chi connectivity index (χ3n) is 3.42. The zero-order valence-corrected chi connectivity index (χ0v) is 14.6. The van der Waals surface area contributed by atoms with E-state index in [4.69, 9.17) is 10.5 Å². The molecule has 3 N–H and O–H groups in total. The maximum atomic E-state index is 12.0. The minimum absolute atomic E-state index is 0.0785. The molecule has 0 heterocycles. The van der Waals surface area contributed by atoms with Gasteiger partial charge in [0.1, 0.15) is 0 Å². The highest BCUT2D eigenvalue weighted by molar-refractivity contribution is 7.90. The van der Waals surface area contributed by atoms with Crippen molar-refractivity contribution < 1.29 is 22.7 Å². The summed E-state index contributed by atoms with van der Waals surface area (Å²) in [6.07, 6.45) is 1.07. The Morgan fingerprint density at radius 2 is 1.84 bits per heavy atom. The second kappa shape index (κ2) is 7.35. The van der Waals surface area contributed by atoms with Crippen LogP contribution in [0.5, 0.6) is 0 Å². The first kappa shape index (κ1) is 18.5. The fourth-order valence-corrected chi connectivity index (χ4v) is 2.74. The van der Waals surface area contributed by atoms with Crippen molar-refractivity contribution in [1.29, 1.82) is 0 Å². The van der Waals surface area contributed by atoms with Crippen molar-refractivity contribution in [3.05, 3.63) is 53.6 Å². The molecule has 0 saturated carbocycles. The second-order valence-electron chi connectivity index (χ2n) is 5.46. The monoisotopic (exact) mass is 362 g/mol. The molecule has 0 bridgehead atoms. The first-order valence-electron chi connectivity index (χ1n) is 7.30. The van der Waals surface area contributed by atoms with Gasteiger partial charge in [0, 0.05) is 17.6 Å². The molecule has 2 aromatic rings. The molecular formula is C17H18N2O5S. The van der Waals surface area contributed by atoms with Gasteiger partial charge in [-0.15, -0.1) is 0 Å². The predicted octanol–water partition coefficient (Wildman–Crippen LogP) is 1.78. The van der Waals surface area contributed by atoms with Gasteiger partial charge in [-0.2, -0.15) is 0 Å². The van der Waals surface area contributed by atoms with Crippen LogP contribution >= 0.6 is 0 Å². The molecular weight excluding hydrogens is 344 g/mol. The van der Waals surface area contributed by atoms with Gasteiger partial charge < -0.3 is 15.8 Å². The van der Waals surface area contributed by atoms with Crippen LogP contribution in [0, 0.1) is 6.92 Å². The first-order chi connectivity index (χ1) is 11.7.